The molecule has 6 nitrogen and oxygen atoms in total. The molecule has 2 heterocycles. The number of alkyl halides is 2. The molecule has 0 fully saturated rings. The number of guanidine groups is 1. The fourth-order valence-corrected chi connectivity index (χ4v) is 2.21. The standard InChI is InChI=1S/C13H15F2N3O3.HI/c1-18-3-2-16-13(18)17-6-8-4-10-11(20-7-19-10)5-9(8)21-12(14)15;/h4-5,12H,2-3,6-7H2,1H3,(H,16,17);1H. The predicted octanol–water partition coefficient (Wildman–Crippen LogP) is 2.03. The lowest BCUT2D eigenvalue weighted by atomic mass is 10.1. The molecule has 2 aliphatic rings. The van der Waals surface area contributed by atoms with Crippen LogP contribution in [0.3, 0.4) is 0 Å². The van der Waals surface area contributed by atoms with E-state index in [0.717, 1.165) is 19.0 Å². The molecule has 0 aliphatic carbocycles. The van der Waals surface area contributed by atoms with E-state index >= 15 is 0 Å². The second kappa shape index (κ2) is 7.16. The Morgan fingerprint density at radius 1 is 1.36 bits per heavy atom. The zero-order valence-electron chi connectivity index (χ0n) is 11.8. The van der Waals surface area contributed by atoms with Crippen LogP contribution in [0.1, 0.15) is 5.56 Å². The highest BCUT2D eigenvalue weighted by atomic mass is 127. The summed E-state index contributed by atoms with van der Waals surface area (Å²) < 4.78 is 40.0. The van der Waals surface area contributed by atoms with Gasteiger partial charge in [-0.05, 0) is 6.07 Å². The van der Waals surface area contributed by atoms with Crippen molar-refractivity contribution in [3.8, 4) is 17.2 Å². The van der Waals surface area contributed by atoms with Gasteiger partial charge in [-0.2, -0.15) is 8.78 Å². The minimum atomic E-state index is -2.89. The molecule has 0 unspecified atom stereocenters. The van der Waals surface area contributed by atoms with Gasteiger partial charge in [0.15, 0.2) is 17.5 Å². The zero-order chi connectivity index (χ0) is 14.8. The lowest BCUT2D eigenvalue weighted by Crippen LogP contribution is -2.35. The minimum absolute atomic E-state index is 0. The average molecular weight is 427 g/mol. The molecule has 0 bridgehead atoms. The maximum Gasteiger partial charge on any atom is 0.387 e. The number of nitrogens with one attached hydrogen (secondary N) is 1. The van der Waals surface area contributed by atoms with Crippen LogP contribution in [0.5, 0.6) is 17.2 Å². The largest absolute Gasteiger partial charge is 0.454 e. The van der Waals surface area contributed by atoms with Gasteiger partial charge in [-0.3, -0.25) is 4.99 Å². The maximum absolute atomic E-state index is 12.5. The third-order valence-electron chi connectivity index (χ3n) is 3.27. The van der Waals surface area contributed by atoms with E-state index in [-0.39, 0.29) is 36.5 Å². The van der Waals surface area contributed by atoms with E-state index in [1.54, 1.807) is 6.07 Å². The molecular weight excluding hydrogens is 411 g/mol. The topological polar surface area (TPSA) is 55.3 Å². The van der Waals surface area contributed by atoms with Crippen molar-refractivity contribution in [2.24, 2.45) is 4.99 Å². The Kier molecular flexibility index (Phi) is 5.48. The highest BCUT2D eigenvalue weighted by Gasteiger charge is 2.21. The summed E-state index contributed by atoms with van der Waals surface area (Å²) >= 11 is 0. The van der Waals surface area contributed by atoms with Crippen molar-refractivity contribution in [1.29, 1.82) is 0 Å². The highest BCUT2D eigenvalue weighted by Crippen LogP contribution is 2.38. The molecule has 0 saturated carbocycles. The number of rotatable bonds is 4. The summed E-state index contributed by atoms with van der Waals surface area (Å²) in [6, 6.07) is 3.06. The lowest BCUT2D eigenvalue weighted by molar-refractivity contribution is -0.0505. The quantitative estimate of drug-likeness (QED) is 0.746. The lowest BCUT2D eigenvalue weighted by Gasteiger charge is -2.17. The third-order valence-corrected chi connectivity index (χ3v) is 3.27. The van der Waals surface area contributed by atoms with Gasteiger partial charge in [0, 0.05) is 31.8 Å². The molecule has 0 radical (unpaired) electrons. The van der Waals surface area contributed by atoms with E-state index in [1.807, 2.05) is 11.9 Å². The molecule has 0 saturated heterocycles. The predicted molar refractivity (Wildman–Crippen MR) is 86.4 cm³/mol. The van der Waals surface area contributed by atoms with E-state index in [9.17, 15) is 8.78 Å². The van der Waals surface area contributed by atoms with Gasteiger partial charge in [-0.25, -0.2) is 0 Å². The molecule has 2 aliphatic heterocycles. The van der Waals surface area contributed by atoms with Crippen LogP contribution in [0, 0.1) is 0 Å². The highest BCUT2D eigenvalue weighted by molar-refractivity contribution is 14.0. The van der Waals surface area contributed by atoms with Crippen molar-refractivity contribution in [1.82, 2.24) is 10.2 Å². The van der Waals surface area contributed by atoms with Crippen LogP contribution in [0.15, 0.2) is 17.1 Å². The normalized spacial score (nSPS) is 15.6. The summed E-state index contributed by atoms with van der Waals surface area (Å²) in [4.78, 5) is 6.24. The molecule has 3 rings (SSSR count). The molecule has 0 spiro atoms. The SMILES string of the molecule is CN1CCN=C1NCc1cc2c(cc1OC(F)F)OCO2.I. The number of hydrogen-bond donors (Lipinski definition) is 1. The molecule has 0 amide bonds. The van der Waals surface area contributed by atoms with Crippen LogP contribution >= 0.6 is 24.0 Å². The van der Waals surface area contributed by atoms with Gasteiger partial charge in [0.25, 0.3) is 0 Å². The van der Waals surface area contributed by atoms with E-state index in [4.69, 9.17) is 9.47 Å². The number of ether oxygens (including phenoxy) is 3. The van der Waals surface area contributed by atoms with Crippen LogP contribution in [0.2, 0.25) is 0 Å². The van der Waals surface area contributed by atoms with Crippen LogP contribution in [0.25, 0.3) is 0 Å². The third kappa shape index (κ3) is 3.62. The summed E-state index contributed by atoms with van der Waals surface area (Å²) in [5, 5.41) is 3.11. The van der Waals surface area contributed by atoms with Crippen molar-refractivity contribution in [3.05, 3.63) is 17.7 Å². The number of fused-ring (bicyclic) bond motifs is 1. The zero-order valence-corrected chi connectivity index (χ0v) is 14.2. The molecule has 22 heavy (non-hydrogen) atoms. The Balaban J connectivity index is 0.00000176. The Labute approximate surface area is 143 Å². The van der Waals surface area contributed by atoms with Crippen molar-refractivity contribution in [3.63, 3.8) is 0 Å². The number of benzene rings is 1. The monoisotopic (exact) mass is 427 g/mol. The fourth-order valence-electron chi connectivity index (χ4n) is 2.21. The summed E-state index contributed by atoms with van der Waals surface area (Å²) in [6.45, 7) is -0.947. The molecular formula is C13H16F2IN3O3. The smallest absolute Gasteiger partial charge is 0.387 e. The summed E-state index contributed by atoms with van der Waals surface area (Å²) in [7, 11) is 1.91. The van der Waals surface area contributed by atoms with Crippen molar-refractivity contribution < 1.29 is 23.0 Å². The van der Waals surface area contributed by atoms with E-state index in [1.165, 1.54) is 6.07 Å². The van der Waals surface area contributed by atoms with E-state index in [2.05, 4.69) is 15.0 Å². The second-order valence-corrected chi connectivity index (χ2v) is 4.67. The van der Waals surface area contributed by atoms with Gasteiger partial charge in [-0.1, -0.05) is 0 Å². The summed E-state index contributed by atoms with van der Waals surface area (Å²) in [6.07, 6.45) is 0. The Bertz CT molecular complexity index is 572. The first-order valence-electron chi connectivity index (χ1n) is 6.50. The van der Waals surface area contributed by atoms with Crippen molar-refractivity contribution in [2.75, 3.05) is 26.9 Å². The first-order valence-corrected chi connectivity index (χ1v) is 6.50. The first-order chi connectivity index (χ1) is 10.1. The van der Waals surface area contributed by atoms with Gasteiger partial charge < -0.3 is 24.4 Å². The average Bonchev–Trinajstić information content (AvgIpc) is 3.04. The Morgan fingerprint density at radius 3 is 2.73 bits per heavy atom. The van der Waals surface area contributed by atoms with Crippen LogP contribution in [-0.4, -0.2) is 44.4 Å². The van der Waals surface area contributed by atoms with Gasteiger partial charge in [-0.15, -0.1) is 24.0 Å². The maximum atomic E-state index is 12.5. The van der Waals surface area contributed by atoms with Crippen molar-refractivity contribution >= 4 is 29.9 Å². The summed E-state index contributed by atoms with van der Waals surface area (Å²) in [5.74, 6) is 1.73. The van der Waals surface area contributed by atoms with Gasteiger partial charge in [0.2, 0.25) is 6.79 Å². The van der Waals surface area contributed by atoms with E-state index < -0.39 is 6.61 Å². The molecule has 1 aromatic carbocycles. The van der Waals surface area contributed by atoms with Gasteiger partial charge >= 0.3 is 6.61 Å². The number of likely N-dealkylation sites (N-methyl/N-ethyl adjacent to an activating group) is 1. The molecule has 0 atom stereocenters. The van der Waals surface area contributed by atoms with Crippen LogP contribution < -0.4 is 19.5 Å². The number of halogens is 3. The number of hydrogen-bond acceptors (Lipinski definition) is 6. The van der Waals surface area contributed by atoms with Crippen LogP contribution in [-0.2, 0) is 6.54 Å². The molecule has 0 aromatic heterocycles. The van der Waals surface area contributed by atoms with Crippen LogP contribution in [0.4, 0.5) is 8.78 Å². The molecule has 1 aromatic rings. The number of aliphatic imine (C=N–C) groups is 1. The fraction of sp³-hybridized carbons (Fsp3) is 0.462. The summed E-state index contributed by atoms with van der Waals surface area (Å²) in [5.41, 5.74) is 0.558. The Morgan fingerprint density at radius 2 is 2.09 bits per heavy atom. The van der Waals surface area contributed by atoms with Gasteiger partial charge in [0.05, 0.1) is 6.54 Å². The van der Waals surface area contributed by atoms with E-state index in [0.29, 0.717) is 23.6 Å². The molecule has 9 heteroatoms. The molecule has 122 valence electrons. The molecule has 1 N–H and O–H groups in total. The second-order valence-electron chi connectivity index (χ2n) is 4.67. The van der Waals surface area contributed by atoms with Crippen molar-refractivity contribution in [2.45, 2.75) is 13.2 Å². The minimum Gasteiger partial charge on any atom is -0.454 e. The van der Waals surface area contributed by atoms with Gasteiger partial charge in [0.1, 0.15) is 5.75 Å². The number of nitrogens with zero attached hydrogens (tertiary/aromatic N) is 2. The first kappa shape index (κ1) is 16.8. The Hall–Kier alpha value is -1.52.